The largest absolute Gasteiger partial charge is 0.481 e. The predicted octanol–water partition coefficient (Wildman–Crippen LogP) is 1.49. The Balaban J connectivity index is 2.11. The molecule has 0 aromatic heterocycles. The van der Waals surface area contributed by atoms with Crippen LogP contribution in [0.4, 0.5) is 10.1 Å². The van der Waals surface area contributed by atoms with Gasteiger partial charge in [0.2, 0.25) is 0 Å². The molecular weight excluding hydrogens is 283 g/mol. The highest BCUT2D eigenvalue weighted by Crippen LogP contribution is 2.20. The number of carboxylic acids is 1. The normalized spacial score (nSPS) is 20.2. The Morgan fingerprint density at radius 2 is 2.10 bits per heavy atom. The van der Waals surface area contributed by atoms with Crippen molar-refractivity contribution in [2.75, 3.05) is 0 Å². The summed E-state index contributed by atoms with van der Waals surface area (Å²) in [6.07, 6.45) is 3.11. The van der Waals surface area contributed by atoms with Gasteiger partial charge in [0.15, 0.2) is 0 Å². The number of benzene rings is 1. The van der Waals surface area contributed by atoms with Crippen LogP contribution in [0.5, 0.6) is 0 Å². The van der Waals surface area contributed by atoms with Crippen LogP contribution in [0, 0.1) is 21.8 Å². The maximum atomic E-state index is 13.6. The molecule has 0 aliphatic heterocycles. The van der Waals surface area contributed by atoms with Crippen LogP contribution in [0.25, 0.3) is 0 Å². The van der Waals surface area contributed by atoms with Gasteiger partial charge in [0, 0.05) is 18.2 Å². The molecule has 0 radical (unpaired) electrons. The summed E-state index contributed by atoms with van der Waals surface area (Å²) in [7, 11) is 0. The summed E-state index contributed by atoms with van der Waals surface area (Å²) >= 11 is 0. The van der Waals surface area contributed by atoms with E-state index in [1.165, 1.54) is 12.2 Å². The van der Waals surface area contributed by atoms with Gasteiger partial charge in [-0.05, 0) is 12.5 Å². The molecular formula is C13H11FN2O5. The van der Waals surface area contributed by atoms with Crippen LogP contribution < -0.4 is 5.32 Å². The number of carbonyl (C=O) groups is 2. The van der Waals surface area contributed by atoms with Crippen molar-refractivity contribution in [2.45, 2.75) is 12.5 Å². The molecule has 1 amide bonds. The molecule has 0 saturated carbocycles. The molecule has 2 atom stereocenters. The Kier molecular flexibility index (Phi) is 3.97. The Morgan fingerprint density at radius 1 is 1.38 bits per heavy atom. The Hall–Kier alpha value is -2.77. The third-order valence-corrected chi connectivity index (χ3v) is 3.12. The Morgan fingerprint density at radius 3 is 2.67 bits per heavy atom. The standard InChI is InChI=1S/C13H11FN2O5/c14-11-4-3-9(16(20)21)6-10(11)12(17)15-8-2-1-7(5-8)13(18)19/h1-4,6-8H,5H2,(H,15,17)(H,18,19). The number of carbonyl (C=O) groups excluding carboxylic acids is 1. The fourth-order valence-electron chi connectivity index (χ4n) is 2.04. The second-order valence-corrected chi connectivity index (χ2v) is 4.57. The van der Waals surface area contributed by atoms with E-state index in [0.29, 0.717) is 0 Å². The number of carboxylic acid groups (broad SMARTS) is 1. The molecule has 0 heterocycles. The SMILES string of the molecule is O=C(NC1C=CC(C(=O)O)C1)c1cc([N+](=O)[O-])ccc1F. The van der Waals surface area contributed by atoms with Crippen molar-refractivity contribution in [3.8, 4) is 0 Å². The van der Waals surface area contributed by atoms with E-state index >= 15 is 0 Å². The number of amides is 1. The first-order valence-electron chi connectivity index (χ1n) is 6.04. The highest BCUT2D eigenvalue weighted by atomic mass is 19.1. The second kappa shape index (κ2) is 5.70. The molecule has 2 rings (SSSR count). The minimum atomic E-state index is -1.01. The van der Waals surface area contributed by atoms with Gasteiger partial charge in [0.05, 0.1) is 16.4 Å². The van der Waals surface area contributed by atoms with E-state index in [9.17, 15) is 24.1 Å². The highest BCUT2D eigenvalue weighted by Gasteiger charge is 2.26. The summed E-state index contributed by atoms with van der Waals surface area (Å²) in [6, 6.07) is 2.11. The Bertz CT molecular complexity index is 643. The number of nitrogens with zero attached hydrogens (tertiary/aromatic N) is 1. The van der Waals surface area contributed by atoms with E-state index in [0.717, 1.165) is 18.2 Å². The molecule has 1 aromatic carbocycles. The summed E-state index contributed by atoms with van der Waals surface area (Å²) in [4.78, 5) is 32.6. The van der Waals surface area contributed by atoms with Crippen molar-refractivity contribution >= 4 is 17.6 Å². The number of hydrogen-bond donors (Lipinski definition) is 2. The van der Waals surface area contributed by atoms with Gasteiger partial charge >= 0.3 is 5.97 Å². The molecule has 0 saturated heterocycles. The van der Waals surface area contributed by atoms with Gasteiger partial charge in [-0.15, -0.1) is 0 Å². The molecule has 2 unspecified atom stereocenters. The van der Waals surface area contributed by atoms with Crippen LogP contribution in [-0.2, 0) is 4.79 Å². The van der Waals surface area contributed by atoms with E-state index in [1.807, 2.05) is 0 Å². The molecule has 7 nitrogen and oxygen atoms in total. The van der Waals surface area contributed by atoms with Crippen molar-refractivity contribution in [3.05, 3.63) is 51.8 Å². The van der Waals surface area contributed by atoms with Gasteiger partial charge in [0.25, 0.3) is 11.6 Å². The maximum absolute atomic E-state index is 13.6. The number of halogens is 1. The van der Waals surface area contributed by atoms with E-state index in [1.54, 1.807) is 0 Å². The van der Waals surface area contributed by atoms with E-state index in [2.05, 4.69) is 5.32 Å². The number of nitro groups is 1. The Labute approximate surface area is 118 Å². The molecule has 1 aliphatic rings. The quantitative estimate of drug-likeness (QED) is 0.496. The van der Waals surface area contributed by atoms with Gasteiger partial charge in [-0.3, -0.25) is 19.7 Å². The lowest BCUT2D eigenvalue weighted by molar-refractivity contribution is -0.384. The average Bonchev–Trinajstić information content (AvgIpc) is 2.87. The zero-order valence-electron chi connectivity index (χ0n) is 10.7. The first-order chi connectivity index (χ1) is 9.88. The van der Waals surface area contributed by atoms with Crippen molar-refractivity contribution in [3.63, 3.8) is 0 Å². The summed E-state index contributed by atoms with van der Waals surface area (Å²) in [6.45, 7) is 0. The first kappa shape index (κ1) is 14.6. The lowest BCUT2D eigenvalue weighted by Gasteiger charge is -2.12. The smallest absolute Gasteiger partial charge is 0.310 e. The van der Waals surface area contributed by atoms with Gasteiger partial charge in [0.1, 0.15) is 5.82 Å². The molecule has 1 aromatic rings. The molecule has 0 spiro atoms. The first-order valence-corrected chi connectivity index (χ1v) is 6.04. The third-order valence-electron chi connectivity index (χ3n) is 3.12. The van der Waals surface area contributed by atoms with Crippen molar-refractivity contribution < 1.29 is 24.0 Å². The maximum Gasteiger partial charge on any atom is 0.310 e. The van der Waals surface area contributed by atoms with Crippen LogP contribution in [0.1, 0.15) is 16.8 Å². The van der Waals surface area contributed by atoms with E-state index in [4.69, 9.17) is 5.11 Å². The lowest BCUT2D eigenvalue weighted by atomic mass is 10.1. The molecule has 0 bridgehead atoms. The molecule has 2 N–H and O–H groups in total. The summed E-state index contributed by atoms with van der Waals surface area (Å²) < 4.78 is 13.6. The molecule has 0 fully saturated rings. The van der Waals surface area contributed by atoms with E-state index in [-0.39, 0.29) is 6.42 Å². The van der Waals surface area contributed by atoms with Crippen LogP contribution in [0.2, 0.25) is 0 Å². The van der Waals surface area contributed by atoms with Crippen LogP contribution in [0.3, 0.4) is 0 Å². The monoisotopic (exact) mass is 294 g/mol. The fourth-order valence-corrected chi connectivity index (χ4v) is 2.04. The minimum absolute atomic E-state index is 0.164. The number of hydrogen-bond acceptors (Lipinski definition) is 4. The topological polar surface area (TPSA) is 110 Å². The summed E-state index contributed by atoms with van der Waals surface area (Å²) in [5.74, 6) is -3.42. The third kappa shape index (κ3) is 3.22. The van der Waals surface area contributed by atoms with Crippen molar-refractivity contribution in [2.24, 2.45) is 5.92 Å². The summed E-state index contributed by atoms with van der Waals surface area (Å²) in [5.41, 5.74) is -0.844. The number of nitrogens with one attached hydrogen (secondary N) is 1. The van der Waals surface area contributed by atoms with Crippen molar-refractivity contribution in [1.82, 2.24) is 5.32 Å². The summed E-state index contributed by atoms with van der Waals surface area (Å²) in [5, 5.41) is 21.9. The average molecular weight is 294 g/mol. The molecule has 110 valence electrons. The number of rotatable bonds is 4. The molecule has 8 heteroatoms. The minimum Gasteiger partial charge on any atom is -0.481 e. The van der Waals surface area contributed by atoms with Gasteiger partial charge < -0.3 is 10.4 Å². The molecule has 21 heavy (non-hydrogen) atoms. The van der Waals surface area contributed by atoms with Gasteiger partial charge in [-0.2, -0.15) is 0 Å². The van der Waals surface area contributed by atoms with E-state index < -0.39 is 45.8 Å². The van der Waals surface area contributed by atoms with Gasteiger partial charge in [-0.25, -0.2) is 4.39 Å². The number of non-ortho nitro benzene ring substituents is 1. The fraction of sp³-hybridized carbons (Fsp3) is 0.231. The van der Waals surface area contributed by atoms with Crippen LogP contribution in [-0.4, -0.2) is 27.9 Å². The predicted molar refractivity (Wildman–Crippen MR) is 69.2 cm³/mol. The zero-order chi connectivity index (χ0) is 15.6. The zero-order valence-corrected chi connectivity index (χ0v) is 10.7. The van der Waals surface area contributed by atoms with Crippen LogP contribution >= 0.6 is 0 Å². The highest BCUT2D eigenvalue weighted by molar-refractivity contribution is 5.95. The lowest BCUT2D eigenvalue weighted by Crippen LogP contribution is -2.33. The second-order valence-electron chi connectivity index (χ2n) is 4.57. The molecule has 1 aliphatic carbocycles. The number of aliphatic carboxylic acids is 1. The number of nitro benzene ring substituents is 1. The van der Waals surface area contributed by atoms with Crippen molar-refractivity contribution in [1.29, 1.82) is 0 Å². The van der Waals surface area contributed by atoms with Crippen LogP contribution in [0.15, 0.2) is 30.4 Å². The van der Waals surface area contributed by atoms with Gasteiger partial charge in [-0.1, -0.05) is 12.2 Å².